The summed E-state index contributed by atoms with van der Waals surface area (Å²) >= 11 is 1.29. The zero-order valence-electron chi connectivity index (χ0n) is 11.1. The van der Waals surface area contributed by atoms with Gasteiger partial charge in [-0.25, -0.2) is 0 Å². The Morgan fingerprint density at radius 1 is 1.38 bits per heavy atom. The standard InChI is InChI=1S/C14H13N3O3S/c18-13-5-11(14(19)20)7-17(13)6-9-1-3-10(4-2-9)12-8-21-16-15-12/h1-4,8,11H,5-7H2,(H,19,20)/p-1/t11-/m0/s1. The number of carbonyl (C=O) groups excluding carboxylic acids is 2. The normalized spacial score (nSPS) is 18.2. The molecular formula is C14H12N3O3S-. The number of hydrogen-bond acceptors (Lipinski definition) is 6. The van der Waals surface area contributed by atoms with Crippen molar-refractivity contribution >= 4 is 23.4 Å². The van der Waals surface area contributed by atoms with Crippen LogP contribution in [0.5, 0.6) is 0 Å². The number of carbonyl (C=O) groups is 2. The smallest absolute Gasteiger partial charge is 0.223 e. The molecule has 7 heteroatoms. The molecule has 1 atom stereocenters. The van der Waals surface area contributed by atoms with Gasteiger partial charge in [0.05, 0.1) is 0 Å². The summed E-state index contributed by atoms with van der Waals surface area (Å²) < 4.78 is 3.82. The van der Waals surface area contributed by atoms with Crippen LogP contribution < -0.4 is 5.11 Å². The second-order valence-electron chi connectivity index (χ2n) is 4.98. The van der Waals surface area contributed by atoms with E-state index in [1.54, 1.807) is 4.90 Å². The Hall–Kier alpha value is -2.28. The Morgan fingerprint density at radius 3 is 2.71 bits per heavy atom. The number of rotatable bonds is 4. The van der Waals surface area contributed by atoms with Crippen LogP contribution in [0.3, 0.4) is 0 Å². The Kier molecular flexibility index (Phi) is 3.66. The largest absolute Gasteiger partial charge is 0.550 e. The highest BCUT2D eigenvalue weighted by atomic mass is 32.1. The third kappa shape index (κ3) is 2.92. The van der Waals surface area contributed by atoms with Crippen LogP contribution in [0.15, 0.2) is 29.6 Å². The van der Waals surface area contributed by atoms with Crippen molar-refractivity contribution in [3.8, 4) is 11.3 Å². The molecule has 1 saturated heterocycles. The summed E-state index contributed by atoms with van der Waals surface area (Å²) in [6.45, 7) is 0.636. The number of nitrogens with zero attached hydrogens (tertiary/aromatic N) is 3. The summed E-state index contributed by atoms with van der Waals surface area (Å²) in [7, 11) is 0. The summed E-state index contributed by atoms with van der Waals surface area (Å²) in [4.78, 5) is 24.1. The SMILES string of the molecule is O=C([O-])[C@H]1CC(=O)N(Cc2ccc(-c3csnn3)cc2)C1. The van der Waals surface area contributed by atoms with Crippen molar-refractivity contribution < 1.29 is 14.7 Å². The summed E-state index contributed by atoms with van der Waals surface area (Å²) in [6, 6.07) is 7.66. The molecular weight excluding hydrogens is 290 g/mol. The molecule has 1 amide bonds. The van der Waals surface area contributed by atoms with E-state index in [-0.39, 0.29) is 18.9 Å². The van der Waals surface area contributed by atoms with Crippen LogP contribution in [0.1, 0.15) is 12.0 Å². The van der Waals surface area contributed by atoms with Crippen molar-refractivity contribution in [1.29, 1.82) is 0 Å². The minimum absolute atomic E-state index is 0.0326. The van der Waals surface area contributed by atoms with E-state index in [4.69, 9.17) is 0 Å². The first-order valence-corrected chi connectivity index (χ1v) is 7.32. The van der Waals surface area contributed by atoms with Gasteiger partial charge in [-0.05, 0) is 17.1 Å². The van der Waals surface area contributed by atoms with Crippen LogP contribution in [0.25, 0.3) is 11.3 Å². The van der Waals surface area contributed by atoms with Crippen molar-refractivity contribution in [3.63, 3.8) is 0 Å². The number of hydrogen-bond donors (Lipinski definition) is 0. The van der Waals surface area contributed by atoms with Gasteiger partial charge in [0, 0.05) is 42.3 Å². The maximum absolute atomic E-state index is 11.8. The van der Waals surface area contributed by atoms with Gasteiger partial charge in [-0.3, -0.25) is 4.79 Å². The van der Waals surface area contributed by atoms with Crippen molar-refractivity contribution in [2.75, 3.05) is 6.54 Å². The highest BCUT2D eigenvalue weighted by Crippen LogP contribution is 2.22. The minimum atomic E-state index is -1.16. The number of likely N-dealkylation sites (tertiary alicyclic amines) is 1. The molecule has 1 fully saturated rings. The van der Waals surface area contributed by atoms with Gasteiger partial charge in [-0.1, -0.05) is 28.8 Å². The molecule has 108 valence electrons. The lowest BCUT2D eigenvalue weighted by Gasteiger charge is -2.17. The third-order valence-corrected chi connectivity index (χ3v) is 4.04. The van der Waals surface area contributed by atoms with Gasteiger partial charge in [0.25, 0.3) is 0 Å². The highest BCUT2D eigenvalue weighted by Gasteiger charge is 2.30. The van der Waals surface area contributed by atoms with Crippen molar-refractivity contribution in [1.82, 2.24) is 14.5 Å². The van der Waals surface area contributed by atoms with Crippen molar-refractivity contribution in [3.05, 3.63) is 35.2 Å². The zero-order chi connectivity index (χ0) is 14.8. The van der Waals surface area contributed by atoms with E-state index in [0.717, 1.165) is 16.8 Å². The Morgan fingerprint density at radius 2 is 2.14 bits per heavy atom. The molecule has 2 aromatic rings. The average molecular weight is 302 g/mol. The van der Waals surface area contributed by atoms with E-state index in [1.165, 1.54) is 11.5 Å². The minimum Gasteiger partial charge on any atom is -0.550 e. The van der Waals surface area contributed by atoms with Gasteiger partial charge in [-0.2, -0.15) is 0 Å². The monoisotopic (exact) mass is 302 g/mol. The topological polar surface area (TPSA) is 86.2 Å². The van der Waals surface area contributed by atoms with Gasteiger partial charge in [0.1, 0.15) is 5.69 Å². The Bertz CT molecular complexity index is 655. The fraction of sp³-hybridized carbons (Fsp3) is 0.286. The van der Waals surface area contributed by atoms with Crippen LogP contribution in [0, 0.1) is 5.92 Å². The van der Waals surface area contributed by atoms with Crippen molar-refractivity contribution in [2.24, 2.45) is 5.92 Å². The van der Waals surface area contributed by atoms with Crippen LogP contribution in [0.4, 0.5) is 0 Å². The molecule has 1 aliphatic heterocycles. The van der Waals surface area contributed by atoms with Gasteiger partial charge in [-0.15, -0.1) is 5.10 Å². The molecule has 1 aliphatic rings. The van der Waals surface area contributed by atoms with Gasteiger partial charge in [0.2, 0.25) is 5.91 Å². The molecule has 0 unspecified atom stereocenters. The number of carboxylic acid groups (broad SMARTS) is 1. The van der Waals surface area contributed by atoms with E-state index >= 15 is 0 Å². The predicted molar refractivity (Wildman–Crippen MR) is 73.9 cm³/mol. The maximum atomic E-state index is 11.8. The first-order valence-electron chi connectivity index (χ1n) is 6.48. The van der Waals surface area contributed by atoms with Crippen LogP contribution in [-0.4, -0.2) is 32.9 Å². The Labute approximate surface area is 125 Å². The molecule has 0 N–H and O–H groups in total. The number of carboxylic acids is 1. The highest BCUT2D eigenvalue weighted by molar-refractivity contribution is 7.03. The average Bonchev–Trinajstić information content (AvgIpc) is 3.10. The van der Waals surface area contributed by atoms with E-state index < -0.39 is 11.9 Å². The summed E-state index contributed by atoms with van der Waals surface area (Å²) in [5.41, 5.74) is 2.74. The van der Waals surface area contributed by atoms with Gasteiger partial charge < -0.3 is 14.8 Å². The summed E-state index contributed by atoms with van der Waals surface area (Å²) in [5.74, 6) is -1.99. The zero-order valence-corrected chi connectivity index (χ0v) is 11.9. The fourth-order valence-corrected chi connectivity index (χ4v) is 2.84. The molecule has 2 heterocycles. The molecule has 6 nitrogen and oxygen atoms in total. The predicted octanol–water partition coefficient (Wildman–Crippen LogP) is 0.303. The van der Waals surface area contributed by atoms with Crippen LogP contribution in [-0.2, 0) is 16.1 Å². The quantitative estimate of drug-likeness (QED) is 0.811. The first kappa shape index (κ1) is 13.7. The molecule has 0 spiro atoms. The molecule has 21 heavy (non-hydrogen) atoms. The second-order valence-corrected chi connectivity index (χ2v) is 5.59. The number of aliphatic carboxylic acids is 1. The summed E-state index contributed by atoms with van der Waals surface area (Å²) in [6.07, 6.45) is 0.0326. The fourth-order valence-electron chi connectivity index (χ4n) is 2.37. The van der Waals surface area contributed by atoms with Gasteiger partial charge in [0.15, 0.2) is 0 Å². The lowest BCUT2D eigenvalue weighted by atomic mass is 10.1. The van der Waals surface area contributed by atoms with E-state index in [2.05, 4.69) is 9.59 Å². The lowest BCUT2D eigenvalue weighted by molar-refractivity contribution is -0.311. The van der Waals surface area contributed by atoms with Crippen LogP contribution >= 0.6 is 11.5 Å². The molecule has 0 bridgehead atoms. The number of amides is 1. The van der Waals surface area contributed by atoms with Crippen molar-refractivity contribution in [2.45, 2.75) is 13.0 Å². The Balaban J connectivity index is 1.68. The first-order chi connectivity index (χ1) is 10.1. The molecule has 1 aromatic heterocycles. The second kappa shape index (κ2) is 5.61. The maximum Gasteiger partial charge on any atom is 0.223 e. The number of benzene rings is 1. The lowest BCUT2D eigenvalue weighted by Crippen LogP contribution is -2.33. The number of aromatic nitrogens is 2. The molecule has 0 saturated carbocycles. The molecule has 1 aromatic carbocycles. The van der Waals surface area contributed by atoms with E-state index in [1.807, 2.05) is 29.6 Å². The van der Waals surface area contributed by atoms with Gasteiger partial charge >= 0.3 is 0 Å². The summed E-state index contributed by atoms with van der Waals surface area (Å²) in [5, 5.41) is 16.7. The molecule has 3 rings (SSSR count). The van der Waals surface area contributed by atoms with Crippen LogP contribution in [0.2, 0.25) is 0 Å². The molecule has 0 aliphatic carbocycles. The third-order valence-electron chi connectivity index (χ3n) is 3.53. The molecule has 0 radical (unpaired) electrons. The van der Waals surface area contributed by atoms with E-state index in [9.17, 15) is 14.7 Å². The van der Waals surface area contributed by atoms with E-state index in [0.29, 0.717) is 6.54 Å².